The van der Waals surface area contributed by atoms with Gasteiger partial charge in [0.25, 0.3) is 0 Å². The summed E-state index contributed by atoms with van der Waals surface area (Å²) in [5.41, 5.74) is 0.499. The van der Waals surface area contributed by atoms with E-state index in [2.05, 4.69) is 5.32 Å². The first-order valence-electron chi connectivity index (χ1n) is 15.9. The number of nitrogens with zero attached hydrogens (tertiary/aromatic N) is 2. The smallest absolute Gasteiger partial charge is 0.325 e. The number of rotatable bonds is 7. The van der Waals surface area contributed by atoms with Crippen LogP contribution >= 0.6 is 0 Å². The number of amides is 3. The second-order valence-corrected chi connectivity index (χ2v) is 13.8. The van der Waals surface area contributed by atoms with Crippen molar-refractivity contribution in [3.05, 3.63) is 65.5 Å². The van der Waals surface area contributed by atoms with Crippen LogP contribution in [0.2, 0.25) is 0 Å². The Morgan fingerprint density at radius 1 is 0.978 bits per heavy atom. The van der Waals surface area contributed by atoms with Crippen LogP contribution in [0.5, 0.6) is 0 Å². The Balaban J connectivity index is 1.49. The van der Waals surface area contributed by atoms with Gasteiger partial charge in [-0.15, -0.1) is 0 Å². The predicted octanol–water partition coefficient (Wildman–Crippen LogP) is 4.73. The van der Waals surface area contributed by atoms with Crippen molar-refractivity contribution in [3.63, 3.8) is 0 Å². The van der Waals surface area contributed by atoms with E-state index in [0.29, 0.717) is 24.2 Å². The van der Waals surface area contributed by atoms with E-state index in [1.807, 2.05) is 0 Å². The van der Waals surface area contributed by atoms with Gasteiger partial charge in [0.1, 0.15) is 23.9 Å². The van der Waals surface area contributed by atoms with Crippen molar-refractivity contribution < 1.29 is 33.5 Å². The molecule has 3 amide bonds. The molecule has 2 aromatic rings. The quantitative estimate of drug-likeness (QED) is 0.463. The van der Waals surface area contributed by atoms with E-state index in [-0.39, 0.29) is 28.8 Å². The first-order valence-corrected chi connectivity index (χ1v) is 15.9. The SMILES string of the molecule is CC(=O)N1[C@H](CC23CC4CC(CC(C4)C2)C3)C(=O)N(Cc2ccccc2F)c2ccccc2C(=O)C[C@H]1C(=O)N[C@H](C)C(=O)O. The van der Waals surface area contributed by atoms with E-state index in [1.54, 1.807) is 42.5 Å². The van der Waals surface area contributed by atoms with Gasteiger partial charge >= 0.3 is 5.97 Å². The van der Waals surface area contributed by atoms with Gasteiger partial charge in [0.05, 0.1) is 12.2 Å². The van der Waals surface area contributed by atoms with Gasteiger partial charge in [-0.05, 0) is 93.2 Å². The molecule has 10 heteroatoms. The molecule has 238 valence electrons. The molecule has 4 saturated carbocycles. The molecular formula is C35H40FN3O6. The highest BCUT2D eigenvalue weighted by Crippen LogP contribution is 2.62. The maximum Gasteiger partial charge on any atom is 0.325 e. The Kier molecular flexibility index (Phi) is 8.26. The van der Waals surface area contributed by atoms with E-state index in [9.17, 15) is 24.3 Å². The number of hydrogen-bond donors (Lipinski definition) is 2. The van der Waals surface area contributed by atoms with Crippen LogP contribution in [0.25, 0.3) is 0 Å². The molecule has 4 aliphatic carbocycles. The zero-order chi connectivity index (χ0) is 32.0. The lowest BCUT2D eigenvalue weighted by Crippen LogP contribution is -2.61. The molecule has 4 fully saturated rings. The average molecular weight is 618 g/mol. The Bertz CT molecular complexity index is 1510. The number of nitrogens with one attached hydrogen (secondary N) is 1. The minimum atomic E-state index is -1.42. The number of carboxylic acids is 1. The lowest BCUT2D eigenvalue weighted by Gasteiger charge is -2.58. The van der Waals surface area contributed by atoms with Gasteiger partial charge in [-0.3, -0.25) is 24.0 Å². The van der Waals surface area contributed by atoms with Crippen molar-refractivity contribution in [2.45, 2.75) is 89.9 Å². The lowest BCUT2D eigenvalue weighted by molar-refractivity contribution is -0.150. The second-order valence-electron chi connectivity index (χ2n) is 13.8. The number of para-hydroxylation sites is 1. The first-order chi connectivity index (χ1) is 21.4. The minimum Gasteiger partial charge on any atom is -0.480 e. The Morgan fingerprint density at radius 2 is 1.58 bits per heavy atom. The molecule has 5 aliphatic rings. The standard InChI is InChI=1S/C35H40FN3O6/c1-20(34(44)45)37-32(42)29-14-31(41)26-8-4-6-10-28(26)38(19-25-7-3-5-9-27(25)36)33(43)30(39(29)21(2)40)18-35-15-22-11-23(16-35)13-24(12-22)17-35/h3-10,20,22-24,29-30H,11-19H2,1-2H3,(H,37,42)(H,44,45)/t20-,22?,23?,24?,29+,30-,35?/m1/s1. The molecular weight excluding hydrogens is 577 g/mol. The summed E-state index contributed by atoms with van der Waals surface area (Å²) < 4.78 is 15.1. The van der Waals surface area contributed by atoms with Crippen LogP contribution in [0.4, 0.5) is 10.1 Å². The van der Waals surface area contributed by atoms with Crippen molar-refractivity contribution in [2.75, 3.05) is 4.90 Å². The highest BCUT2D eigenvalue weighted by molar-refractivity contribution is 6.10. The van der Waals surface area contributed by atoms with Crippen LogP contribution in [0.3, 0.4) is 0 Å². The number of benzene rings is 2. The summed E-state index contributed by atoms with van der Waals surface area (Å²) in [6.45, 7) is 2.40. The Morgan fingerprint density at radius 3 is 2.18 bits per heavy atom. The fourth-order valence-electron chi connectivity index (χ4n) is 9.09. The van der Waals surface area contributed by atoms with Crippen LogP contribution < -0.4 is 10.2 Å². The third-order valence-electron chi connectivity index (χ3n) is 10.6. The first kappa shape index (κ1) is 30.9. The zero-order valence-corrected chi connectivity index (χ0v) is 25.7. The maximum absolute atomic E-state index is 15.1. The van der Waals surface area contributed by atoms with E-state index in [0.717, 1.165) is 19.3 Å². The third kappa shape index (κ3) is 5.99. The van der Waals surface area contributed by atoms with Crippen LogP contribution in [0, 0.1) is 29.0 Å². The van der Waals surface area contributed by atoms with Crippen LogP contribution in [0.15, 0.2) is 48.5 Å². The number of hydrogen-bond acceptors (Lipinski definition) is 5. The Labute approximate surface area is 262 Å². The van der Waals surface area contributed by atoms with Gasteiger partial charge in [0.2, 0.25) is 17.7 Å². The summed E-state index contributed by atoms with van der Waals surface area (Å²) in [6.07, 6.45) is 6.21. The summed E-state index contributed by atoms with van der Waals surface area (Å²) >= 11 is 0. The number of carbonyl (C=O) groups is 5. The Hall–Kier alpha value is -4.08. The van der Waals surface area contributed by atoms with Crippen molar-refractivity contribution in [2.24, 2.45) is 23.2 Å². The van der Waals surface area contributed by atoms with Crippen molar-refractivity contribution in [1.82, 2.24) is 10.2 Å². The van der Waals surface area contributed by atoms with Crippen LogP contribution in [-0.2, 0) is 25.7 Å². The lowest BCUT2D eigenvalue weighted by atomic mass is 9.48. The molecule has 2 aromatic carbocycles. The van der Waals surface area contributed by atoms with Crippen molar-refractivity contribution in [1.29, 1.82) is 0 Å². The molecule has 0 radical (unpaired) electrons. The van der Waals surface area contributed by atoms with Gasteiger partial charge in [-0.1, -0.05) is 30.3 Å². The van der Waals surface area contributed by atoms with E-state index in [1.165, 1.54) is 49.0 Å². The number of fused-ring (bicyclic) bond motifs is 1. The fourth-order valence-corrected chi connectivity index (χ4v) is 9.09. The number of Topliss-reactive ketones (excluding diaryl/α,β-unsaturated/α-hetero) is 1. The van der Waals surface area contributed by atoms with E-state index >= 15 is 9.18 Å². The summed E-state index contributed by atoms with van der Waals surface area (Å²) in [5, 5.41) is 12.0. The average Bonchev–Trinajstić information content (AvgIpc) is 3.01. The molecule has 45 heavy (non-hydrogen) atoms. The van der Waals surface area contributed by atoms with Gasteiger partial charge in [-0.2, -0.15) is 0 Å². The van der Waals surface area contributed by atoms with Gasteiger partial charge in [0, 0.05) is 24.5 Å². The summed E-state index contributed by atoms with van der Waals surface area (Å²) in [4.78, 5) is 70.7. The number of anilines is 1. The molecule has 7 rings (SSSR count). The van der Waals surface area contributed by atoms with Gasteiger partial charge in [-0.25, -0.2) is 4.39 Å². The molecule has 1 heterocycles. The maximum atomic E-state index is 15.1. The topological polar surface area (TPSA) is 124 Å². The monoisotopic (exact) mass is 617 g/mol. The number of aliphatic carboxylic acids is 1. The number of halogens is 1. The molecule has 4 bridgehead atoms. The minimum absolute atomic E-state index is 0.172. The largest absolute Gasteiger partial charge is 0.480 e. The zero-order valence-electron chi connectivity index (χ0n) is 25.7. The predicted molar refractivity (Wildman–Crippen MR) is 164 cm³/mol. The van der Waals surface area contributed by atoms with Gasteiger partial charge in [0.15, 0.2) is 5.78 Å². The molecule has 3 atom stereocenters. The molecule has 0 aromatic heterocycles. The fraction of sp³-hybridized carbons (Fsp3) is 0.514. The van der Waals surface area contributed by atoms with Crippen molar-refractivity contribution >= 4 is 35.2 Å². The summed E-state index contributed by atoms with van der Waals surface area (Å²) in [6, 6.07) is 8.85. The summed E-state index contributed by atoms with van der Waals surface area (Å²) in [7, 11) is 0. The highest BCUT2D eigenvalue weighted by Gasteiger charge is 2.54. The molecule has 0 unspecified atom stereocenters. The van der Waals surface area contributed by atoms with Crippen LogP contribution in [-0.4, -0.2) is 57.6 Å². The second kappa shape index (κ2) is 12.0. The molecule has 2 N–H and O–H groups in total. The van der Waals surface area contributed by atoms with E-state index < -0.39 is 59.8 Å². The number of carboxylic acid groups (broad SMARTS) is 1. The van der Waals surface area contributed by atoms with Crippen molar-refractivity contribution in [3.8, 4) is 0 Å². The molecule has 0 spiro atoms. The summed E-state index contributed by atoms with van der Waals surface area (Å²) in [5.74, 6) is -2.45. The number of carbonyl (C=O) groups excluding carboxylic acids is 4. The molecule has 9 nitrogen and oxygen atoms in total. The van der Waals surface area contributed by atoms with Gasteiger partial charge < -0.3 is 20.2 Å². The molecule has 1 aliphatic heterocycles. The third-order valence-corrected chi connectivity index (χ3v) is 10.6. The van der Waals surface area contributed by atoms with E-state index in [4.69, 9.17) is 0 Å². The normalized spacial score (nSPS) is 29.8. The highest BCUT2D eigenvalue weighted by atomic mass is 19.1. The van der Waals surface area contributed by atoms with Crippen LogP contribution in [0.1, 0.15) is 81.1 Å². The number of ketones is 1. The molecule has 0 saturated heterocycles.